The van der Waals surface area contributed by atoms with Crippen molar-refractivity contribution in [3.05, 3.63) is 58.6 Å². The van der Waals surface area contributed by atoms with Crippen LogP contribution >= 0.6 is 15.9 Å². The third-order valence-corrected chi connectivity index (χ3v) is 9.22. The van der Waals surface area contributed by atoms with E-state index in [1.54, 1.807) is 36.4 Å². The van der Waals surface area contributed by atoms with E-state index in [2.05, 4.69) is 22.5 Å². The Morgan fingerprint density at radius 1 is 1.15 bits per heavy atom. The molecule has 2 saturated carbocycles. The Morgan fingerprint density at radius 2 is 1.82 bits per heavy atom. The molecule has 0 amide bonds. The highest BCUT2D eigenvalue weighted by Gasteiger charge is 2.85. The number of hydrogen-bond acceptors (Lipinski definition) is 6. The minimum absolute atomic E-state index is 0.101. The second kappa shape index (κ2) is 7.14. The average Bonchev–Trinajstić information content (AvgIpc) is 3.04. The fourth-order valence-corrected chi connectivity index (χ4v) is 7.26. The number of Topliss-reactive ketones (excluding diaryl/α,β-unsaturated/α-hetero) is 1. The Hall–Kier alpha value is -2.25. The van der Waals surface area contributed by atoms with Crippen molar-refractivity contribution in [3.8, 4) is 0 Å². The maximum absolute atomic E-state index is 14.2. The van der Waals surface area contributed by atoms with Crippen LogP contribution < -0.4 is 0 Å². The first-order valence-electron chi connectivity index (χ1n) is 11.7. The molecule has 1 aromatic rings. The maximum Gasteiger partial charge on any atom is 0.341 e. The maximum atomic E-state index is 14.2. The van der Waals surface area contributed by atoms with Gasteiger partial charge < -0.3 is 14.6 Å². The van der Waals surface area contributed by atoms with Crippen molar-refractivity contribution >= 4 is 33.7 Å². The van der Waals surface area contributed by atoms with Gasteiger partial charge in [0, 0.05) is 15.5 Å². The summed E-state index contributed by atoms with van der Waals surface area (Å²) in [4.78, 5) is 41.2. The molecule has 3 aliphatic carbocycles. The van der Waals surface area contributed by atoms with Gasteiger partial charge in [-0.2, -0.15) is 0 Å². The van der Waals surface area contributed by atoms with E-state index in [1.807, 2.05) is 20.8 Å². The Labute approximate surface area is 207 Å². The van der Waals surface area contributed by atoms with Crippen LogP contribution in [0.15, 0.2) is 53.0 Å². The van der Waals surface area contributed by atoms with Crippen LogP contribution in [0.25, 0.3) is 0 Å². The Bertz CT molecular complexity index is 1150. The second-order valence-electron chi connectivity index (χ2n) is 11.2. The number of allylic oxidation sites excluding steroid dienone is 2. The summed E-state index contributed by atoms with van der Waals surface area (Å²) >= 11 is 3.34. The summed E-state index contributed by atoms with van der Waals surface area (Å²) in [6, 6.07) is 6.56. The standard InChI is InChI=1S/C27H29BrO6/c1-5-24(4)13-14-26(32)18(15-24)19(29)27(33-20(30)16-7-9-17(28)10-8-16)21-23(2,3)11-6-12-25(21,26)22(31)34-27/h5,7-10,15,21,32H,1,6,11-14H2,2-4H3. The molecule has 1 N–H and O–H groups in total. The summed E-state index contributed by atoms with van der Waals surface area (Å²) in [5.41, 5.74) is -3.84. The zero-order valence-electron chi connectivity index (χ0n) is 19.7. The molecule has 34 heavy (non-hydrogen) atoms. The first-order valence-corrected chi connectivity index (χ1v) is 12.5. The minimum Gasteiger partial charge on any atom is -0.414 e. The lowest BCUT2D eigenvalue weighted by molar-refractivity contribution is -0.234. The van der Waals surface area contributed by atoms with Gasteiger partial charge in [-0.15, -0.1) is 6.58 Å². The molecule has 1 heterocycles. The van der Waals surface area contributed by atoms with Gasteiger partial charge in [0.2, 0.25) is 5.78 Å². The third kappa shape index (κ3) is 2.80. The lowest BCUT2D eigenvalue weighted by atomic mass is 9.42. The van der Waals surface area contributed by atoms with E-state index in [-0.39, 0.29) is 17.6 Å². The Kier molecular flexibility index (Phi) is 4.93. The highest BCUT2D eigenvalue weighted by Crippen LogP contribution is 2.72. The SMILES string of the molecule is C=CC1(C)C=C2C(=O)C3(OC(=O)c4ccc(Br)cc4)OC(=O)C4(CCCC(C)(C)C34)C2(O)CC1. The molecule has 7 heteroatoms. The van der Waals surface area contributed by atoms with Crippen LogP contribution in [0.3, 0.4) is 0 Å². The molecular formula is C27H29BrO6. The number of ether oxygens (including phenoxy) is 2. The third-order valence-electron chi connectivity index (χ3n) is 8.69. The van der Waals surface area contributed by atoms with Crippen LogP contribution in [-0.2, 0) is 19.1 Å². The van der Waals surface area contributed by atoms with Gasteiger partial charge in [-0.1, -0.05) is 55.3 Å². The van der Waals surface area contributed by atoms with Gasteiger partial charge >= 0.3 is 17.7 Å². The van der Waals surface area contributed by atoms with E-state index in [1.165, 1.54) is 0 Å². The lowest BCUT2D eigenvalue weighted by Gasteiger charge is -2.60. The summed E-state index contributed by atoms with van der Waals surface area (Å²) in [5, 5.41) is 12.2. The van der Waals surface area contributed by atoms with E-state index < -0.39 is 51.3 Å². The van der Waals surface area contributed by atoms with E-state index in [0.717, 1.165) is 4.47 Å². The second-order valence-corrected chi connectivity index (χ2v) is 12.1. The number of halogens is 1. The predicted octanol–water partition coefficient (Wildman–Crippen LogP) is 4.90. The van der Waals surface area contributed by atoms with Crippen LogP contribution in [0.1, 0.15) is 63.2 Å². The van der Waals surface area contributed by atoms with Gasteiger partial charge in [-0.05, 0) is 55.4 Å². The van der Waals surface area contributed by atoms with Gasteiger partial charge in [-0.25, -0.2) is 4.79 Å². The number of aliphatic hydroxyl groups is 1. The first-order chi connectivity index (χ1) is 15.9. The molecule has 5 rings (SSSR count). The van der Waals surface area contributed by atoms with Crippen molar-refractivity contribution < 1.29 is 29.0 Å². The zero-order chi connectivity index (χ0) is 24.7. The van der Waals surface area contributed by atoms with Crippen LogP contribution in [0.5, 0.6) is 0 Å². The number of carbonyl (C=O) groups is 3. The smallest absolute Gasteiger partial charge is 0.341 e. The summed E-state index contributed by atoms with van der Waals surface area (Å²) < 4.78 is 12.6. The number of fused-ring (bicyclic) bond motifs is 1. The van der Waals surface area contributed by atoms with Crippen LogP contribution in [0.4, 0.5) is 0 Å². The monoisotopic (exact) mass is 528 g/mol. The molecule has 0 spiro atoms. The van der Waals surface area contributed by atoms with Crippen molar-refractivity contribution in [3.63, 3.8) is 0 Å². The van der Waals surface area contributed by atoms with Crippen molar-refractivity contribution in [2.75, 3.05) is 0 Å². The highest BCUT2D eigenvalue weighted by molar-refractivity contribution is 9.10. The quantitative estimate of drug-likeness (QED) is 0.443. The topological polar surface area (TPSA) is 89.9 Å². The van der Waals surface area contributed by atoms with Gasteiger partial charge in [-0.3, -0.25) is 9.59 Å². The number of ketones is 1. The fraction of sp³-hybridized carbons (Fsp3) is 0.519. The summed E-state index contributed by atoms with van der Waals surface area (Å²) in [5.74, 6) is -4.98. The van der Waals surface area contributed by atoms with E-state index >= 15 is 0 Å². The van der Waals surface area contributed by atoms with Crippen LogP contribution in [0, 0.1) is 22.2 Å². The predicted molar refractivity (Wildman–Crippen MR) is 128 cm³/mol. The summed E-state index contributed by atoms with van der Waals surface area (Å²) in [6.45, 7) is 9.74. The van der Waals surface area contributed by atoms with Gasteiger partial charge in [0.1, 0.15) is 11.0 Å². The van der Waals surface area contributed by atoms with Crippen molar-refractivity contribution in [2.45, 2.75) is 64.3 Å². The summed E-state index contributed by atoms with van der Waals surface area (Å²) in [6.07, 6.45) is 5.98. The molecule has 4 aliphatic rings. The minimum atomic E-state index is -2.12. The van der Waals surface area contributed by atoms with E-state index in [4.69, 9.17) is 9.47 Å². The molecular weight excluding hydrogens is 500 g/mol. The van der Waals surface area contributed by atoms with Gasteiger partial charge in [0.25, 0.3) is 0 Å². The Morgan fingerprint density at radius 3 is 2.47 bits per heavy atom. The normalized spacial score (nSPS) is 39.9. The molecule has 5 atom stereocenters. The van der Waals surface area contributed by atoms with E-state index in [0.29, 0.717) is 25.7 Å². The highest BCUT2D eigenvalue weighted by atomic mass is 79.9. The Balaban J connectivity index is 1.73. The molecule has 1 aliphatic heterocycles. The fourth-order valence-electron chi connectivity index (χ4n) is 7.00. The van der Waals surface area contributed by atoms with E-state index in [9.17, 15) is 19.5 Å². The molecule has 0 aromatic heterocycles. The molecule has 6 nitrogen and oxygen atoms in total. The number of hydrogen-bond donors (Lipinski definition) is 1. The molecule has 180 valence electrons. The molecule has 1 saturated heterocycles. The molecule has 1 aromatic carbocycles. The lowest BCUT2D eigenvalue weighted by Crippen LogP contribution is -2.71. The van der Waals surface area contributed by atoms with Crippen LogP contribution in [0.2, 0.25) is 0 Å². The molecule has 5 unspecified atom stereocenters. The molecule has 2 bridgehead atoms. The number of carbonyl (C=O) groups excluding carboxylic acids is 3. The molecule has 3 fully saturated rings. The van der Waals surface area contributed by atoms with Crippen molar-refractivity contribution in [2.24, 2.45) is 22.2 Å². The van der Waals surface area contributed by atoms with Gasteiger partial charge in [0.15, 0.2) is 0 Å². The van der Waals surface area contributed by atoms with Crippen molar-refractivity contribution in [1.29, 1.82) is 0 Å². The molecule has 0 radical (unpaired) electrons. The summed E-state index contributed by atoms with van der Waals surface area (Å²) in [7, 11) is 0. The number of rotatable bonds is 3. The van der Waals surface area contributed by atoms with Crippen molar-refractivity contribution in [1.82, 2.24) is 0 Å². The first kappa shape index (κ1) is 23.5. The number of benzene rings is 1. The zero-order valence-corrected chi connectivity index (χ0v) is 21.2. The largest absolute Gasteiger partial charge is 0.414 e. The average molecular weight is 529 g/mol. The van der Waals surface area contributed by atoms with Crippen LogP contribution in [-0.4, -0.2) is 34.2 Å². The number of esters is 2. The van der Waals surface area contributed by atoms with Gasteiger partial charge in [0.05, 0.1) is 11.5 Å².